The average molecular weight is 285 g/mol. The number of hydrogen-bond acceptors (Lipinski definition) is 3. The SMILES string of the molecule is Cc1ccc(C)c(C(N)c2cc(C(C)(C)C)n[nH]c2=O)c1. The Balaban J connectivity index is 2.55. The molecule has 4 nitrogen and oxygen atoms in total. The predicted octanol–water partition coefficient (Wildman–Crippen LogP) is 2.73. The third kappa shape index (κ3) is 3.22. The van der Waals surface area contributed by atoms with Crippen molar-refractivity contribution >= 4 is 0 Å². The monoisotopic (exact) mass is 285 g/mol. The fourth-order valence-corrected chi connectivity index (χ4v) is 2.30. The fraction of sp³-hybridized carbons (Fsp3) is 0.412. The molecule has 4 heteroatoms. The van der Waals surface area contributed by atoms with Crippen LogP contribution in [0.3, 0.4) is 0 Å². The van der Waals surface area contributed by atoms with Crippen LogP contribution in [0, 0.1) is 13.8 Å². The lowest BCUT2D eigenvalue weighted by Gasteiger charge is -2.20. The lowest BCUT2D eigenvalue weighted by molar-refractivity contribution is 0.553. The highest BCUT2D eigenvalue weighted by Gasteiger charge is 2.21. The third-order valence-corrected chi connectivity index (χ3v) is 3.71. The van der Waals surface area contributed by atoms with E-state index in [4.69, 9.17) is 5.73 Å². The second kappa shape index (κ2) is 5.45. The van der Waals surface area contributed by atoms with Crippen LogP contribution < -0.4 is 11.3 Å². The number of aromatic amines is 1. The van der Waals surface area contributed by atoms with Crippen LogP contribution in [0.25, 0.3) is 0 Å². The molecule has 1 aromatic heterocycles. The summed E-state index contributed by atoms with van der Waals surface area (Å²) < 4.78 is 0. The molecular formula is C17H23N3O. The van der Waals surface area contributed by atoms with E-state index >= 15 is 0 Å². The lowest BCUT2D eigenvalue weighted by atomic mass is 9.89. The van der Waals surface area contributed by atoms with Crippen molar-refractivity contribution < 1.29 is 0 Å². The van der Waals surface area contributed by atoms with Crippen molar-refractivity contribution in [2.45, 2.75) is 46.1 Å². The Bertz CT molecular complexity index is 711. The van der Waals surface area contributed by atoms with Gasteiger partial charge in [-0.1, -0.05) is 44.5 Å². The summed E-state index contributed by atoms with van der Waals surface area (Å²) in [5, 5.41) is 6.71. The van der Waals surface area contributed by atoms with E-state index in [1.807, 2.05) is 38.1 Å². The van der Waals surface area contributed by atoms with Gasteiger partial charge in [-0.2, -0.15) is 5.10 Å². The summed E-state index contributed by atoms with van der Waals surface area (Å²) in [4.78, 5) is 12.1. The highest BCUT2D eigenvalue weighted by atomic mass is 16.1. The van der Waals surface area contributed by atoms with Gasteiger partial charge in [0.2, 0.25) is 0 Å². The Labute approximate surface area is 125 Å². The zero-order chi connectivity index (χ0) is 15.8. The topological polar surface area (TPSA) is 71.8 Å². The van der Waals surface area contributed by atoms with Crippen LogP contribution in [0.1, 0.15) is 54.8 Å². The van der Waals surface area contributed by atoms with Crippen molar-refractivity contribution in [2.75, 3.05) is 0 Å². The van der Waals surface area contributed by atoms with E-state index < -0.39 is 6.04 Å². The molecule has 1 heterocycles. The normalized spacial score (nSPS) is 13.2. The lowest BCUT2D eigenvalue weighted by Crippen LogP contribution is -2.27. The minimum absolute atomic E-state index is 0.139. The first-order chi connectivity index (χ1) is 9.70. The predicted molar refractivity (Wildman–Crippen MR) is 85.5 cm³/mol. The van der Waals surface area contributed by atoms with Crippen molar-refractivity contribution in [1.82, 2.24) is 10.2 Å². The number of nitrogens with zero attached hydrogens (tertiary/aromatic N) is 1. The van der Waals surface area contributed by atoms with Crippen LogP contribution in [0.5, 0.6) is 0 Å². The summed E-state index contributed by atoms with van der Waals surface area (Å²) in [6.07, 6.45) is 0. The Hall–Kier alpha value is -1.94. The summed E-state index contributed by atoms with van der Waals surface area (Å²) in [5.74, 6) is 0. The second-order valence-electron chi connectivity index (χ2n) is 6.63. The van der Waals surface area contributed by atoms with E-state index in [-0.39, 0.29) is 11.0 Å². The number of H-pyrrole nitrogens is 1. The van der Waals surface area contributed by atoms with Crippen molar-refractivity contribution in [3.8, 4) is 0 Å². The fourth-order valence-electron chi connectivity index (χ4n) is 2.30. The Morgan fingerprint density at radius 2 is 1.81 bits per heavy atom. The van der Waals surface area contributed by atoms with E-state index in [2.05, 4.69) is 31.0 Å². The molecule has 0 aliphatic rings. The molecule has 0 saturated heterocycles. The molecule has 0 bridgehead atoms. The number of rotatable bonds is 2. The van der Waals surface area contributed by atoms with Gasteiger partial charge in [0.1, 0.15) is 0 Å². The molecule has 0 amide bonds. The smallest absolute Gasteiger partial charge is 0.269 e. The van der Waals surface area contributed by atoms with Gasteiger partial charge in [-0.3, -0.25) is 4.79 Å². The third-order valence-electron chi connectivity index (χ3n) is 3.71. The van der Waals surface area contributed by atoms with Gasteiger partial charge in [-0.05, 0) is 31.0 Å². The van der Waals surface area contributed by atoms with E-state index in [1.54, 1.807) is 0 Å². The van der Waals surface area contributed by atoms with E-state index in [0.717, 1.165) is 22.4 Å². The maximum absolute atomic E-state index is 12.1. The molecule has 2 aromatic rings. The minimum Gasteiger partial charge on any atom is -0.320 e. The summed E-state index contributed by atoms with van der Waals surface area (Å²) in [7, 11) is 0. The molecule has 1 atom stereocenters. The molecule has 0 aliphatic heterocycles. The van der Waals surface area contributed by atoms with Gasteiger partial charge in [-0.15, -0.1) is 0 Å². The summed E-state index contributed by atoms with van der Waals surface area (Å²) in [6.45, 7) is 10.2. The molecule has 1 aromatic carbocycles. The van der Waals surface area contributed by atoms with E-state index in [9.17, 15) is 4.79 Å². The maximum Gasteiger partial charge on any atom is 0.269 e. The Morgan fingerprint density at radius 1 is 1.14 bits per heavy atom. The van der Waals surface area contributed by atoms with Crippen LogP contribution in [-0.4, -0.2) is 10.2 Å². The molecule has 21 heavy (non-hydrogen) atoms. The quantitative estimate of drug-likeness (QED) is 0.891. The van der Waals surface area contributed by atoms with Crippen LogP contribution in [-0.2, 0) is 5.41 Å². The van der Waals surface area contributed by atoms with Crippen LogP contribution in [0.15, 0.2) is 29.1 Å². The van der Waals surface area contributed by atoms with Gasteiger partial charge < -0.3 is 5.73 Å². The van der Waals surface area contributed by atoms with Crippen LogP contribution >= 0.6 is 0 Å². The number of benzene rings is 1. The van der Waals surface area contributed by atoms with Crippen molar-refractivity contribution in [3.05, 3.63) is 62.6 Å². The molecule has 2 rings (SSSR count). The van der Waals surface area contributed by atoms with Crippen molar-refractivity contribution in [2.24, 2.45) is 5.73 Å². The number of nitrogens with two attached hydrogens (primary N) is 1. The van der Waals surface area contributed by atoms with Gasteiger partial charge in [0.05, 0.1) is 11.7 Å². The first kappa shape index (κ1) is 15.4. The molecule has 112 valence electrons. The van der Waals surface area contributed by atoms with E-state index in [1.165, 1.54) is 0 Å². The zero-order valence-electron chi connectivity index (χ0n) is 13.3. The summed E-state index contributed by atoms with van der Waals surface area (Å²) in [5.41, 5.74) is 10.6. The Kier molecular flexibility index (Phi) is 4.01. The van der Waals surface area contributed by atoms with E-state index in [0.29, 0.717) is 5.56 Å². The largest absolute Gasteiger partial charge is 0.320 e. The molecule has 0 radical (unpaired) electrons. The van der Waals surface area contributed by atoms with Gasteiger partial charge in [-0.25, -0.2) is 5.10 Å². The van der Waals surface area contributed by atoms with Gasteiger partial charge in [0.15, 0.2) is 0 Å². The molecule has 1 unspecified atom stereocenters. The standard InChI is InChI=1S/C17H23N3O/c1-10-6-7-11(2)12(8-10)15(18)13-9-14(17(3,4)5)19-20-16(13)21/h6-9,15H,18H2,1-5H3,(H,20,21). The number of hydrogen-bond donors (Lipinski definition) is 2. The van der Waals surface area contributed by atoms with Crippen LogP contribution in [0.4, 0.5) is 0 Å². The second-order valence-corrected chi connectivity index (χ2v) is 6.63. The highest BCUT2D eigenvalue weighted by molar-refractivity contribution is 5.38. The Morgan fingerprint density at radius 3 is 2.43 bits per heavy atom. The molecular weight excluding hydrogens is 262 g/mol. The molecule has 3 N–H and O–H groups in total. The molecule has 0 aliphatic carbocycles. The molecule has 0 fully saturated rings. The van der Waals surface area contributed by atoms with Gasteiger partial charge in [0.25, 0.3) is 5.56 Å². The summed E-state index contributed by atoms with van der Waals surface area (Å²) in [6, 6.07) is 7.49. The maximum atomic E-state index is 12.1. The number of nitrogens with one attached hydrogen (secondary N) is 1. The minimum atomic E-state index is -0.447. The molecule has 0 saturated carbocycles. The average Bonchev–Trinajstić information content (AvgIpc) is 2.40. The number of aryl methyl sites for hydroxylation is 2. The number of aromatic nitrogens is 2. The van der Waals surface area contributed by atoms with Crippen LogP contribution in [0.2, 0.25) is 0 Å². The van der Waals surface area contributed by atoms with Crippen molar-refractivity contribution in [3.63, 3.8) is 0 Å². The van der Waals surface area contributed by atoms with Crippen molar-refractivity contribution in [1.29, 1.82) is 0 Å². The first-order valence-electron chi connectivity index (χ1n) is 7.13. The van der Waals surface area contributed by atoms with Gasteiger partial charge >= 0.3 is 0 Å². The zero-order valence-corrected chi connectivity index (χ0v) is 13.3. The van der Waals surface area contributed by atoms with Gasteiger partial charge in [0, 0.05) is 11.0 Å². The summed E-state index contributed by atoms with van der Waals surface area (Å²) >= 11 is 0. The molecule has 0 spiro atoms. The highest BCUT2D eigenvalue weighted by Crippen LogP contribution is 2.25. The first-order valence-corrected chi connectivity index (χ1v) is 7.13.